The van der Waals surface area contributed by atoms with E-state index in [9.17, 15) is 4.79 Å². The SMILES string of the molecule is CC1CCCC(N2CCC(CC(=O)O)C2)C1C. The van der Waals surface area contributed by atoms with E-state index in [-0.39, 0.29) is 0 Å². The highest BCUT2D eigenvalue weighted by Gasteiger charge is 2.35. The third-order valence-corrected chi connectivity index (χ3v) is 4.91. The van der Waals surface area contributed by atoms with Gasteiger partial charge >= 0.3 is 5.97 Å². The van der Waals surface area contributed by atoms with Crippen molar-refractivity contribution in [3.8, 4) is 0 Å². The van der Waals surface area contributed by atoms with Crippen molar-refractivity contribution in [1.29, 1.82) is 0 Å². The van der Waals surface area contributed by atoms with Gasteiger partial charge in [-0.15, -0.1) is 0 Å². The molecule has 17 heavy (non-hydrogen) atoms. The molecule has 0 spiro atoms. The summed E-state index contributed by atoms with van der Waals surface area (Å²) in [6, 6.07) is 0.706. The van der Waals surface area contributed by atoms with E-state index in [0.717, 1.165) is 31.3 Å². The summed E-state index contributed by atoms with van der Waals surface area (Å²) in [5, 5.41) is 8.85. The first-order valence-electron chi connectivity index (χ1n) is 7.03. The second kappa shape index (κ2) is 5.38. The normalized spacial score (nSPS) is 39.4. The number of carboxylic acid groups (broad SMARTS) is 1. The van der Waals surface area contributed by atoms with Gasteiger partial charge in [-0.05, 0) is 37.1 Å². The fourth-order valence-electron chi connectivity index (χ4n) is 3.65. The Kier molecular flexibility index (Phi) is 4.08. The zero-order valence-electron chi connectivity index (χ0n) is 11.1. The fraction of sp³-hybridized carbons (Fsp3) is 0.929. The van der Waals surface area contributed by atoms with Gasteiger partial charge in [0.05, 0.1) is 0 Å². The molecule has 0 bridgehead atoms. The third kappa shape index (κ3) is 3.01. The fourth-order valence-corrected chi connectivity index (χ4v) is 3.65. The van der Waals surface area contributed by atoms with Crippen molar-refractivity contribution in [2.45, 2.75) is 52.0 Å². The summed E-state index contributed by atoms with van der Waals surface area (Å²) in [5.41, 5.74) is 0. The van der Waals surface area contributed by atoms with E-state index < -0.39 is 5.97 Å². The quantitative estimate of drug-likeness (QED) is 0.823. The Bertz CT molecular complexity index is 279. The van der Waals surface area contributed by atoms with Gasteiger partial charge in [0, 0.05) is 19.0 Å². The van der Waals surface area contributed by atoms with E-state index in [2.05, 4.69) is 18.7 Å². The van der Waals surface area contributed by atoms with Gasteiger partial charge in [-0.25, -0.2) is 0 Å². The lowest BCUT2D eigenvalue weighted by Gasteiger charge is -2.40. The standard InChI is InChI=1S/C14H25NO2/c1-10-4-3-5-13(11(10)2)15-7-6-12(9-15)8-14(16)17/h10-13H,3-9H2,1-2H3,(H,16,17). The van der Waals surface area contributed by atoms with Crippen molar-refractivity contribution in [3.63, 3.8) is 0 Å². The molecule has 3 nitrogen and oxygen atoms in total. The molecule has 2 fully saturated rings. The van der Waals surface area contributed by atoms with Crippen LogP contribution >= 0.6 is 0 Å². The maximum absolute atomic E-state index is 10.7. The average Bonchev–Trinajstić information content (AvgIpc) is 2.69. The molecule has 4 unspecified atom stereocenters. The van der Waals surface area contributed by atoms with Crippen LogP contribution in [-0.2, 0) is 4.79 Å². The number of nitrogens with zero attached hydrogens (tertiary/aromatic N) is 1. The summed E-state index contributed by atoms with van der Waals surface area (Å²) in [4.78, 5) is 13.3. The van der Waals surface area contributed by atoms with Crippen molar-refractivity contribution in [2.24, 2.45) is 17.8 Å². The van der Waals surface area contributed by atoms with Crippen LogP contribution in [0, 0.1) is 17.8 Å². The van der Waals surface area contributed by atoms with Crippen LogP contribution in [0.25, 0.3) is 0 Å². The van der Waals surface area contributed by atoms with E-state index in [1.807, 2.05) is 0 Å². The van der Waals surface area contributed by atoms with E-state index >= 15 is 0 Å². The minimum Gasteiger partial charge on any atom is -0.481 e. The van der Waals surface area contributed by atoms with Gasteiger partial charge in [-0.2, -0.15) is 0 Å². The number of aliphatic carboxylic acids is 1. The Morgan fingerprint density at radius 1 is 1.29 bits per heavy atom. The first-order chi connectivity index (χ1) is 8.08. The lowest BCUT2D eigenvalue weighted by molar-refractivity contribution is -0.138. The number of carboxylic acids is 1. The highest BCUT2D eigenvalue weighted by atomic mass is 16.4. The van der Waals surface area contributed by atoms with Crippen LogP contribution in [0.1, 0.15) is 46.0 Å². The van der Waals surface area contributed by atoms with E-state index in [4.69, 9.17) is 5.11 Å². The predicted octanol–water partition coefficient (Wildman–Crippen LogP) is 2.61. The largest absolute Gasteiger partial charge is 0.481 e. The predicted molar refractivity (Wildman–Crippen MR) is 67.9 cm³/mol. The molecule has 1 aliphatic carbocycles. The number of rotatable bonds is 3. The highest BCUT2D eigenvalue weighted by Crippen LogP contribution is 2.35. The Labute approximate surface area is 104 Å². The smallest absolute Gasteiger partial charge is 0.303 e. The molecule has 0 amide bonds. The molecule has 98 valence electrons. The molecule has 3 heteroatoms. The molecular weight excluding hydrogens is 214 g/mol. The van der Waals surface area contributed by atoms with Crippen LogP contribution in [-0.4, -0.2) is 35.1 Å². The van der Waals surface area contributed by atoms with Crippen LogP contribution in [0.2, 0.25) is 0 Å². The Morgan fingerprint density at radius 3 is 2.76 bits per heavy atom. The first-order valence-corrected chi connectivity index (χ1v) is 7.03. The summed E-state index contributed by atoms with van der Waals surface area (Å²) in [6.07, 6.45) is 5.45. The molecule has 1 N–H and O–H groups in total. The van der Waals surface area contributed by atoms with Crippen molar-refractivity contribution < 1.29 is 9.90 Å². The van der Waals surface area contributed by atoms with E-state index in [1.165, 1.54) is 19.3 Å². The molecule has 4 atom stereocenters. The molecule has 1 saturated heterocycles. The van der Waals surface area contributed by atoms with Crippen LogP contribution in [0.15, 0.2) is 0 Å². The molecule has 1 heterocycles. The zero-order valence-corrected chi connectivity index (χ0v) is 11.1. The van der Waals surface area contributed by atoms with Crippen LogP contribution in [0.3, 0.4) is 0 Å². The molecule has 0 aromatic heterocycles. The van der Waals surface area contributed by atoms with Gasteiger partial charge in [-0.3, -0.25) is 9.69 Å². The van der Waals surface area contributed by atoms with Crippen molar-refractivity contribution >= 4 is 5.97 Å². The van der Waals surface area contributed by atoms with Gasteiger partial charge in [0.25, 0.3) is 0 Å². The topological polar surface area (TPSA) is 40.5 Å². The van der Waals surface area contributed by atoms with Crippen molar-refractivity contribution in [3.05, 3.63) is 0 Å². The zero-order chi connectivity index (χ0) is 12.4. The maximum Gasteiger partial charge on any atom is 0.303 e. The molecule has 1 saturated carbocycles. The molecule has 1 aliphatic heterocycles. The Hall–Kier alpha value is -0.570. The molecule has 2 aliphatic rings. The van der Waals surface area contributed by atoms with E-state index in [1.54, 1.807) is 0 Å². The highest BCUT2D eigenvalue weighted by molar-refractivity contribution is 5.67. The average molecular weight is 239 g/mol. The Balaban J connectivity index is 1.89. The van der Waals surface area contributed by atoms with Crippen molar-refractivity contribution in [2.75, 3.05) is 13.1 Å². The van der Waals surface area contributed by atoms with Gasteiger partial charge in [0.15, 0.2) is 0 Å². The summed E-state index contributed by atoms with van der Waals surface area (Å²) in [7, 11) is 0. The maximum atomic E-state index is 10.7. The number of likely N-dealkylation sites (tertiary alicyclic amines) is 1. The minimum atomic E-state index is -0.637. The second-order valence-electron chi connectivity index (χ2n) is 6.08. The van der Waals surface area contributed by atoms with Gasteiger partial charge in [0.1, 0.15) is 0 Å². The first kappa shape index (κ1) is 12.9. The van der Waals surface area contributed by atoms with Crippen LogP contribution in [0.4, 0.5) is 0 Å². The number of hydrogen-bond acceptors (Lipinski definition) is 2. The lowest BCUT2D eigenvalue weighted by atomic mass is 9.77. The van der Waals surface area contributed by atoms with E-state index in [0.29, 0.717) is 18.4 Å². The number of hydrogen-bond donors (Lipinski definition) is 1. The van der Waals surface area contributed by atoms with Gasteiger partial charge in [0.2, 0.25) is 0 Å². The van der Waals surface area contributed by atoms with Crippen LogP contribution < -0.4 is 0 Å². The lowest BCUT2D eigenvalue weighted by Crippen LogP contribution is -2.43. The minimum absolute atomic E-state index is 0.354. The van der Waals surface area contributed by atoms with Gasteiger partial charge < -0.3 is 5.11 Å². The second-order valence-corrected chi connectivity index (χ2v) is 6.08. The molecule has 0 aromatic rings. The molecule has 0 radical (unpaired) electrons. The molecule has 2 rings (SSSR count). The Morgan fingerprint density at radius 2 is 2.06 bits per heavy atom. The summed E-state index contributed by atoms with van der Waals surface area (Å²) in [5.74, 6) is 1.35. The summed E-state index contributed by atoms with van der Waals surface area (Å²) in [6.45, 7) is 6.86. The summed E-state index contributed by atoms with van der Waals surface area (Å²) >= 11 is 0. The van der Waals surface area contributed by atoms with Gasteiger partial charge in [-0.1, -0.05) is 26.7 Å². The summed E-state index contributed by atoms with van der Waals surface area (Å²) < 4.78 is 0. The molecular formula is C14H25NO2. The van der Waals surface area contributed by atoms with Crippen LogP contribution in [0.5, 0.6) is 0 Å². The number of carbonyl (C=O) groups is 1. The third-order valence-electron chi connectivity index (χ3n) is 4.91. The monoisotopic (exact) mass is 239 g/mol. The molecule has 0 aromatic carbocycles. The van der Waals surface area contributed by atoms with Crippen molar-refractivity contribution in [1.82, 2.24) is 4.90 Å².